The van der Waals surface area contributed by atoms with Gasteiger partial charge < -0.3 is 10.4 Å². The summed E-state index contributed by atoms with van der Waals surface area (Å²) in [7, 11) is 0. The highest BCUT2D eigenvalue weighted by atomic mass is 19.4. The standard InChI is InChI=1S/C12H14F3NO2/c1-11(18,12(13,14)15)7-10(17)16-8-9-5-3-2-4-6-9/h2-6,18H,7-8H2,1H3,(H,16,17)/t11-/m1/s1. The minimum Gasteiger partial charge on any atom is -0.380 e. The number of benzene rings is 1. The molecule has 1 atom stereocenters. The zero-order chi connectivity index (χ0) is 13.8. The maximum absolute atomic E-state index is 12.3. The van der Waals surface area contributed by atoms with Crippen molar-refractivity contribution in [2.24, 2.45) is 0 Å². The minimum absolute atomic E-state index is 0.133. The van der Waals surface area contributed by atoms with Crippen LogP contribution in [0.1, 0.15) is 18.9 Å². The third kappa shape index (κ3) is 4.03. The number of halogens is 3. The van der Waals surface area contributed by atoms with Crippen LogP contribution >= 0.6 is 0 Å². The molecule has 0 saturated carbocycles. The third-order valence-electron chi connectivity index (χ3n) is 2.45. The van der Waals surface area contributed by atoms with Gasteiger partial charge in [-0.2, -0.15) is 13.2 Å². The molecule has 2 N–H and O–H groups in total. The zero-order valence-electron chi connectivity index (χ0n) is 9.79. The number of carbonyl (C=O) groups is 1. The highest BCUT2D eigenvalue weighted by Gasteiger charge is 2.50. The number of nitrogens with one attached hydrogen (secondary N) is 1. The van der Waals surface area contributed by atoms with E-state index in [9.17, 15) is 18.0 Å². The highest BCUT2D eigenvalue weighted by Crippen LogP contribution is 2.32. The summed E-state index contributed by atoms with van der Waals surface area (Å²) < 4.78 is 37.0. The van der Waals surface area contributed by atoms with Crippen molar-refractivity contribution in [3.8, 4) is 0 Å². The van der Waals surface area contributed by atoms with Crippen molar-refractivity contribution in [1.82, 2.24) is 5.32 Å². The fourth-order valence-corrected chi connectivity index (χ4v) is 1.27. The molecule has 1 amide bonds. The van der Waals surface area contributed by atoms with Crippen molar-refractivity contribution in [1.29, 1.82) is 0 Å². The Morgan fingerprint density at radius 3 is 2.33 bits per heavy atom. The largest absolute Gasteiger partial charge is 0.417 e. The molecule has 0 aromatic heterocycles. The first-order valence-corrected chi connectivity index (χ1v) is 5.32. The molecule has 18 heavy (non-hydrogen) atoms. The van der Waals surface area contributed by atoms with Gasteiger partial charge in [-0.3, -0.25) is 4.79 Å². The second-order valence-corrected chi connectivity index (χ2v) is 4.21. The molecule has 1 aromatic rings. The van der Waals surface area contributed by atoms with Gasteiger partial charge in [-0.1, -0.05) is 30.3 Å². The number of aliphatic hydroxyl groups is 1. The van der Waals surface area contributed by atoms with E-state index < -0.39 is 24.1 Å². The first-order valence-electron chi connectivity index (χ1n) is 5.32. The average molecular weight is 261 g/mol. The molecule has 1 aromatic carbocycles. The topological polar surface area (TPSA) is 49.3 Å². The molecule has 100 valence electrons. The van der Waals surface area contributed by atoms with Crippen LogP contribution in [0.15, 0.2) is 30.3 Å². The van der Waals surface area contributed by atoms with E-state index in [0.717, 1.165) is 5.56 Å². The van der Waals surface area contributed by atoms with Gasteiger partial charge in [0, 0.05) is 6.54 Å². The van der Waals surface area contributed by atoms with E-state index in [4.69, 9.17) is 5.11 Å². The van der Waals surface area contributed by atoms with Crippen LogP contribution in [-0.2, 0) is 11.3 Å². The van der Waals surface area contributed by atoms with Gasteiger partial charge in [0.15, 0.2) is 5.60 Å². The molecule has 0 saturated heterocycles. The minimum atomic E-state index is -4.82. The van der Waals surface area contributed by atoms with Crippen molar-refractivity contribution in [2.75, 3.05) is 0 Å². The maximum Gasteiger partial charge on any atom is 0.417 e. The lowest BCUT2D eigenvalue weighted by Gasteiger charge is -2.25. The number of hydrogen-bond acceptors (Lipinski definition) is 2. The number of alkyl halides is 3. The van der Waals surface area contributed by atoms with Gasteiger partial charge in [-0.25, -0.2) is 0 Å². The molecule has 6 heteroatoms. The summed E-state index contributed by atoms with van der Waals surface area (Å²) in [4.78, 5) is 11.3. The zero-order valence-corrected chi connectivity index (χ0v) is 9.79. The Balaban J connectivity index is 2.48. The van der Waals surface area contributed by atoms with Crippen LogP contribution in [0.2, 0.25) is 0 Å². The van der Waals surface area contributed by atoms with Crippen LogP contribution in [0, 0.1) is 0 Å². The Hall–Kier alpha value is -1.56. The quantitative estimate of drug-likeness (QED) is 0.871. The van der Waals surface area contributed by atoms with E-state index in [0.29, 0.717) is 6.92 Å². The second kappa shape index (κ2) is 5.39. The Morgan fingerprint density at radius 2 is 1.83 bits per heavy atom. The van der Waals surface area contributed by atoms with Gasteiger partial charge in [-0.15, -0.1) is 0 Å². The fraction of sp³-hybridized carbons (Fsp3) is 0.417. The Kier molecular flexibility index (Phi) is 4.34. The van der Waals surface area contributed by atoms with E-state index >= 15 is 0 Å². The van der Waals surface area contributed by atoms with Crippen molar-refractivity contribution >= 4 is 5.91 Å². The van der Waals surface area contributed by atoms with Crippen LogP contribution in [0.25, 0.3) is 0 Å². The summed E-state index contributed by atoms with van der Waals surface area (Å²) in [5.41, 5.74) is -2.23. The number of hydrogen-bond donors (Lipinski definition) is 2. The molecular weight excluding hydrogens is 247 g/mol. The van der Waals surface area contributed by atoms with Crippen molar-refractivity contribution in [3.05, 3.63) is 35.9 Å². The van der Waals surface area contributed by atoms with Gasteiger partial charge in [0.25, 0.3) is 0 Å². The Morgan fingerprint density at radius 1 is 1.28 bits per heavy atom. The van der Waals surface area contributed by atoms with Crippen LogP contribution in [-0.4, -0.2) is 22.8 Å². The summed E-state index contributed by atoms with van der Waals surface area (Å²) in [5, 5.41) is 11.5. The normalized spacial score (nSPS) is 14.9. The molecule has 0 aliphatic heterocycles. The van der Waals surface area contributed by atoms with Gasteiger partial charge in [-0.05, 0) is 12.5 Å². The molecule has 0 spiro atoms. The van der Waals surface area contributed by atoms with Gasteiger partial charge >= 0.3 is 6.18 Å². The molecule has 3 nitrogen and oxygen atoms in total. The summed E-state index contributed by atoms with van der Waals surface area (Å²) in [5.74, 6) is -0.846. The van der Waals surface area contributed by atoms with E-state index in [1.165, 1.54) is 0 Å². The monoisotopic (exact) mass is 261 g/mol. The molecule has 0 aliphatic rings. The van der Waals surface area contributed by atoms with Crippen molar-refractivity contribution in [2.45, 2.75) is 31.7 Å². The van der Waals surface area contributed by atoms with E-state index in [1.54, 1.807) is 30.3 Å². The fourth-order valence-electron chi connectivity index (χ4n) is 1.27. The first kappa shape index (κ1) is 14.5. The van der Waals surface area contributed by atoms with Gasteiger partial charge in [0.1, 0.15) is 0 Å². The molecule has 0 radical (unpaired) electrons. The van der Waals surface area contributed by atoms with Crippen LogP contribution in [0.4, 0.5) is 13.2 Å². The molecule has 0 bridgehead atoms. The Bertz CT molecular complexity index is 402. The van der Waals surface area contributed by atoms with Crippen molar-refractivity contribution < 1.29 is 23.1 Å². The van der Waals surface area contributed by atoms with Gasteiger partial charge in [0.05, 0.1) is 6.42 Å². The molecular formula is C12H14F3NO2. The smallest absolute Gasteiger partial charge is 0.380 e. The summed E-state index contributed by atoms with van der Waals surface area (Å²) in [6.07, 6.45) is -5.83. The van der Waals surface area contributed by atoms with E-state index in [-0.39, 0.29) is 6.54 Å². The summed E-state index contributed by atoms with van der Waals surface area (Å²) in [6.45, 7) is 0.711. The number of carbonyl (C=O) groups excluding carboxylic acids is 1. The first-order chi connectivity index (χ1) is 8.22. The second-order valence-electron chi connectivity index (χ2n) is 4.21. The maximum atomic E-state index is 12.3. The third-order valence-corrected chi connectivity index (χ3v) is 2.45. The predicted molar refractivity (Wildman–Crippen MR) is 59.6 cm³/mol. The number of amides is 1. The Labute approximate surface area is 103 Å². The van der Waals surface area contributed by atoms with E-state index in [1.807, 2.05) is 0 Å². The molecule has 0 aliphatic carbocycles. The summed E-state index contributed by atoms with van der Waals surface area (Å²) in [6, 6.07) is 8.78. The SMILES string of the molecule is C[C@@](O)(CC(=O)NCc1ccccc1)C(F)(F)F. The molecule has 1 rings (SSSR count). The molecule has 0 unspecified atom stereocenters. The van der Waals surface area contributed by atoms with Gasteiger partial charge in [0.2, 0.25) is 5.91 Å². The predicted octanol–water partition coefficient (Wildman–Crippen LogP) is 2.01. The average Bonchev–Trinajstić information content (AvgIpc) is 2.26. The highest BCUT2D eigenvalue weighted by molar-refractivity contribution is 5.77. The van der Waals surface area contributed by atoms with Crippen LogP contribution in [0.5, 0.6) is 0 Å². The molecule has 0 heterocycles. The lowest BCUT2D eigenvalue weighted by molar-refractivity contribution is -0.253. The summed E-state index contributed by atoms with van der Waals surface area (Å²) >= 11 is 0. The lowest BCUT2D eigenvalue weighted by Crippen LogP contribution is -2.46. The van der Waals surface area contributed by atoms with Crippen molar-refractivity contribution in [3.63, 3.8) is 0 Å². The van der Waals surface area contributed by atoms with Crippen LogP contribution in [0.3, 0.4) is 0 Å². The lowest BCUT2D eigenvalue weighted by atomic mass is 10.0. The molecule has 0 fully saturated rings. The van der Waals surface area contributed by atoms with Crippen LogP contribution < -0.4 is 5.32 Å². The number of rotatable bonds is 4. The van der Waals surface area contributed by atoms with E-state index in [2.05, 4.69) is 5.32 Å².